The van der Waals surface area contributed by atoms with Crippen LogP contribution in [-0.4, -0.2) is 19.5 Å². The highest BCUT2D eigenvalue weighted by molar-refractivity contribution is 6.10. The summed E-state index contributed by atoms with van der Waals surface area (Å²) in [6.07, 6.45) is 1.83. The number of aryl methyl sites for hydroxylation is 1. The molecule has 0 atom stereocenters. The average Bonchev–Trinajstić information content (AvgIpc) is 3.52. The van der Waals surface area contributed by atoms with Crippen LogP contribution >= 0.6 is 0 Å². The fourth-order valence-electron chi connectivity index (χ4n) is 7.75. The molecular formula is C46H32N4. The number of aromatic nitrogens is 4. The van der Waals surface area contributed by atoms with E-state index in [1.165, 1.54) is 66.1 Å². The summed E-state index contributed by atoms with van der Waals surface area (Å²) in [5.41, 5.74) is 13.5. The summed E-state index contributed by atoms with van der Waals surface area (Å²) in [7, 11) is 0. The lowest BCUT2D eigenvalue weighted by atomic mass is 9.84. The summed E-state index contributed by atoms with van der Waals surface area (Å²) in [6, 6.07) is 54.1. The highest BCUT2D eigenvalue weighted by Crippen LogP contribution is 2.37. The largest absolute Gasteiger partial charge is 0.309 e. The van der Waals surface area contributed by atoms with Crippen molar-refractivity contribution in [1.29, 1.82) is 0 Å². The smallest absolute Gasteiger partial charge is 0.164 e. The van der Waals surface area contributed by atoms with Gasteiger partial charge in [0.25, 0.3) is 0 Å². The molecule has 0 fully saturated rings. The topological polar surface area (TPSA) is 43.6 Å². The van der Waals surface area contributed by atoms with Crippen LogP contribution in [0.2, 0.25) is 0 Å². The summed E-state index contributed by atoms with van der Waals surface area (Å²) in [5.74, 6) is 2.02. The molecule has 236 valence electrons. The van der Waals surface area contributed by atoms with Gasteiger partial charge in [0.1, 0.15) is 0 Å². The Balaban J connectivity index is 1.04. The second-order valence-corrected chi connectivity index (χ2v) is 13.4. The second kappa shape index (κ2) is 11.4. The van der Waals surface area contributed by atoms with Gasteiger partial charge in [-0.15, -0.1) is 0 Å². The van der Waals surface area contributed by atoms with Gasteiger partial charge in [0, 0.05) is 33.2 Å². The minimum Gasteiger partial charge on any atom is -0.309 e. The maximum Gasteiger partial charge on any atom is 0.164 e. The van der Waals surface area contributed by atoms with Gasteiger partial charge in [0.05, 0.1) is 11.0 Å². The highest BCUT2D eigenvalue weighted by atomic mass is 15.0. The number of hydrogen-bond donors (Lipinski definition) is 0. The monoisotopic (exact) mass is 640 g/mol. The van der Waals surface area contributed by atoms with Gasteiger partial charge in [0.15, 0.2) is 17.5 Å². The van der Waals surface area contributed by atoms with E-state index in [2.05, 4.69) is 102 Å². The number of rotatable bonds is 4. The maximum absolute atomic E-state index is 4.97. The highest BCUT2D eigenvalue weighted by Gasteiger charge is 2.20. The van der Waals surface area contributed by atoms with Gasteiger partial charge in [-0.25, -0.2) is 15.0 Å². The van der Waals surface area contributed by atoms with E-state index in [4.69, 9.17) is 15.0 Å². The van der Waals surface area contributed by atoms with Crippen molar-refractivity contribution >= 4 is 32.6 Å². The summed E-state index contributed by atoms with van der Waals surface area (Å²) in [5, 5.41) is 5.03. The summed E-state index contributed by atoms with van der Waals surface area (Å²) < 4.78 is 2.45. The molecule has 9 aromatic rings. The van der Waals surface area contributed by atoms with Gasteiger partial charge in [-0.05, 0) is 82.6 Å². The van der Waals surface area contributed by atoms with Crippen molar-refractivity contribution in [3.8, 4) is 39.9 Å². The van der Waals surface area contributed by atoms with Crippen LogP contribution in [0, 0.1) is 6.92 Å². The summed E-state index contributed by atoms with van der Waals surface area (Å²) >= 11 is 0. The van der Waals surface area contributed by atoms with E-state index in [0.29, 0.717) is 17.5 Å². The molecule has 4 heteroatoms. The fraction of sp³-hybridized carbons (Fsp3) is 0.0652. The zero-order chi connectivity index (χ0) is 33.2. The van der Waals surface area contributed by atoms with Gasteiger partial charge in [-0.3, -0.25) is 0 Å². The Morgan fingerprint density at radius 3 is 1.78 bits per heavy atom. The molecule has 0 saturated carbocycles. The predicted octanol–water partition coefficient (Wildman–Crippen LogP) is 10.9. The van der Waals surface area contributed by atoms with Crippen molar-refractivity contribution < 1.29 is 0 Å². The van der Waals surface area contributed by atoms with E-state index in [1.807, 2.05) is 60.7 Å². The third-order valence-corrected chi connectivity index (χ3v) is 10.2. The molecular weight excluding hydrogens is 609 g/mol. The van der Waals surface area contributed by atoms with Crippen LogP contribution in [0.5, 0.6) is 0 Å². The number of para-hydroxylation sites is 2. The fourth-order valence-corrected chi connectivity index (χ4v) is 7.75. The van der Waals surface area contributed by atoms with Crippen LogP contribution < -0.4 is 0 Å². The van der Waals surface area contributed by atoms with Crippen molar-refractivity contribution in [2.45, 2.75) is 19.8 Å². The molecule has 0 bridgehead atoms. The van der Waals surface area contributed by atoms with E-state index in [0.717, 1.165) is 29.5 Å². The second-order valence-electron chi connectivity index (χ2n) is 13.4. The lowest BCUT2D eigenvalue weighted by Gasteiger charge is -2.22. The lowest BCUT2D eigenvalue weighted by Crippen LogP contribution is -2.09. The first kappa shape index (κ1) is 28.6. The van der Waals surface area contributed by atoms with Crippen molar-refractivity contribution in [1.82, 2.24) is 19.5 Å². The molecule has 1 aliphatic rings. The van der Waals surface area contributed by atoms with Crippen molar-refractivity contribution in [2.24, 2.45) is 0 Å². The molecule has 0 N–H and O–H groups in total. The van der Waals surface area contributed by atoms with E-state index in [9.17, 15) is 0 Å². The molecule has 7 aromatic carbocycles. The quantitative estimate of drug-likeness (QED) is 0.192. The van der Waals surface area contributed by atoms with Crippen molar-refractivity contribution in [2.75, 3.05) is 0 Å². The molecule has 0 amide bonds. The standard InChI is InChI=1S/C46H32N4/c1-29-11-10-17-41-40-16-8-9-18-42(40)50(43(29)41)39-22-21-33-24-36-26-35-25-34(20-19-32(35)23-37(36)27-38(33)28-39)46-48-44(30-12-4-2-5-13-30)47-45(49-46)31-14-6-3-7-15-31/h2-23,25-26,28H,24,27H2,1H3. The normalized spacial score (nSPS) is 12.3. The Kier molecular flexibility index (Phi) is 6.50. The number of hydrogen-bond acceptors (Lipinski definition) is 3. The molecule has 4 nitrogen and oxygen atoms in total. The molecule has 0 saturated heterocycles. The van der Waals surface area contributed by atoms with Gasteiger partial charge in [0.2, 0.25) is 0 Å². The Labute approximate surface area is 290 Å². The van der Waals surface area contributed by atoms with Crippen LogP contribution in [0.15, 0.2) is 152 Å². The summed E-state index contributed by atoms with van der Waals surface area (Å²) in [4.78, 5) is 14.8. The molecule has 1 aliphatic carbocycles. The SMILES string of the molecule is Cc1cccc2c3ccccc3n(-c3ccc4c(c3)Cc3cc5ccc(-c6nc(-c7ccccc7)nc(-c7ccccc7)n6)cc5cc3C4)c12. The third kappa shape index (κ3) is 4.72. The van der Waals surface area contributed by atoms with Crippen LogP contribution in [-0.2, 0) is 12.8 Å². The number of fused-ring (bicyclic) bond motifs is 6. The van der Waals surface area contributed by atoms with E-state index in [-0.39, 0.29) is 0 Å². The van der Waals surface area contributed by atoms with E-state index < -0.39 is 0 Å². The van der Waals surface area contributed by atoms with Crippen LogP contribution in [0.4, 0.5) is 0 Å². The van der Waals surface area contributed by atoms with Gasteiger partial charge < -0.3 is 4.57 Å². The molecule has 2 aromatic heterocycles. The minimum absolute atomic E-state index is 0.673. The summed E-state index contributed by atoms with van der Waals surface area (Å²) in [6.45, 7) is 2.22. The maximum atomic E-state index is 4.97. The van der Waals surface area contributed by atoms with Crippen LogP contribution in [0.25, 0.3) is 72.4 Å². The lowest BCUT2D eigenvalue weighted by molar-refractivity contribution is 0.997. The molecule has 10 rings (SSSR count). The van der Waals surface area contributed by atoms with Gasteiger partial charge in [-0.1, -0.05) is 127 Å². The molecule has 0 radical (unpaired) electrons. The Morgan fingerprint density at radius 2 is 1.04 bits per heavy atom. The number of nitrogens with zero attached hydrogens (tertiary/aromatic N) is 4. The van der Waals surface area contributed by atoms with E-state index >= 15 is 0 Å². The Hall–Kier alpha value is -6.39. The average molecular weight is 641 g/mol. The predicted molar refractivity (Wildman–Crippen MR) is 205 cm³/mol. The van der Waals surface area contributed by atoms with E-state index in [1.54, 1.807) is 0 Å². The minimum atomic E-state index is 0.673. The van der Waals surface area contributed by atoms with Crippen LogP contribution in [0.3, 0.4) is 0 Å². The van der Waals surface area contributed by atoms with Gasteiger partial charge >= 0.3 is 0 Å². The van der Waals surface area contributed by atoms with Crippen LogP contribution in [0.1, 0.15) is 27.8 Å². The van der Waals surface area contributed by atoms with Crippen molar-refractivity contribution in [3.63, 3.8) is 0 Å². The first-order chi connectivity index (χ1) is 24.7. The van der Waals surface area contributed by atoms with Gasteiger partial charge in [-0.2, -0.15) is 0 Å². The van der Waals surface area contributed by atoms with Crippen molar-refractivity contribution in [3.05, 3.63) is 179 Å². The first-order valence-corrected chi connectivity index (χ1v) is 17.2. The molecule has 0 unspecified atom stereocenters. The molecule has 50 heavy (non-hydrogen) atoms. The number of benzene rings is 7. The first-order valence-electron chi connectivity index (χ1n) is 17.2. The zero-order valence-electron chi connectivity index (χ0n) is 27.6. The Bertz CT molecular complexity index is 2700. The molecule has 2 heterocycles. The zero-order valence-corrected chi connectivity index (χ0v) is 27.6. The molecule has 0 spiro atoms. The molecule has 0 aliphatic heterocycles. The third-order valence-electron chi connectivity index (χ3n) is 10.2. The Morgan fingerprint density at radius 1 is 0.440 bits per heavy atom.